The van der Waals surface area contributed by atoms with Crippen molar-refractivity contribution in [1.82, 2.24) is 5.32 Å². The van der Waals surface area contributed by atoms with Crippen molar-refractivity contribution in [3.63, 3.8) is 0 Å². The van der Waals surface area contributed by atoms with Crippen LogP contribution in [0.5, 0.6) is 0 Å². The van der Waals surface area contributed by atoms with Gasteiger partial charge in [0.25, 0.3) is 0 Å². The highest BCUT2D eigenvalue weighted by molar-refractivity contribution is 5.49. The highest BCUT2D eigenvalue weighted by Crippen LogP contribution is 2.20. The van der Waals surface area contributed by atoms with E-state index in [1.165, 1.54) is 0 Å². The molecule has 0 saturated carbocycles. The van der Waals surface area contributed by atoms with Crippen molar-refractivity contribution in [2.45, 2.75) is 26.4 Å². The maximum atomic E-state index is 13.7. The summed E-state index contributed by atoms with van der Waals surface area (Å²) in [5, 5.41) is 3.00. The molecular weight excluding hydrogens is 191 g/mol. The monoisotopic (exact) mass is 210 g/mol. The Morgan fingerprint density at radius 3 is 2.53 bits per heavy atom. The summed E-state index contributed by atoms with van der Waals surface area (Å²) in [6.07, 6.45) is 0. The topological polar surface area (TPSA) is 15.3 Å². The van der Waals surface area contributed by atoms with E-state index in [0.29, 0.717) is 18.3 Å². The van der Waals surface area contributed by atoms with Crippen LogP contribution in [0.25, 0.3) is 0 Å². The van der Waals surface area contributed by atoms with Crippen LogP contribution >= 0.6 is 0 Å². The third-order valence-electron chi connectivity index (χ3n) is 2.55. The molecule has 0 fully saturated rings. The summed E-state index contributed by atoms with van der Waals surface area (Å²) in [6, 6.07) is 5.68. The molecule has 1 N–H and O–H groups in total. The van der Waals surface area contributed by atoms with E-state index in [4.69, 9.17) is 0 Å². The van der Waals surface area contributed by atoms with Gasteiger partial charge in [0, 0.05) is 19.6 Å². The van der Waals surface area contributed by atoms with Crippen molar-refractivity contribution < 1.29 is 4.39 Å². The number of benzene rings is 1. The molecule has 0 atom stereocenters. The van der Waals surface area contributed by atoms with Crippen LogP contribution in [0.15, 0.2) is 18.2 Å². The lowest BCUT2D eigenvalue weighted by molar-refractivity contribution is 0.610. The number of halogens is 1. The van der Waals surface area contributed by atoms with Gasteiger partial charge in [-0.3, -0.25) is 0 Å². The van der Waals surface area contributed by atoms with Gasteiger partial charge in [0.1, 0.15) is 5.82 Å². The maximum absolute atomic E-state index is 13.7. The van der Waals surface area contributed by atoms with Gasteiger partial charge in [-0.05, 0) is 38.6 Å². The second kappa shape index (κ2) is 5.12. The van der Waals surface area contributed by atoms with Gasteiger partial charge >= 0.3 is 0 Å². The minimum absolute atomic E-state index is 0.154. The molecule has 0 amide bonds. The van der Waals surface area contributed by atoms with Crippen LogP contribution in [0.2, 0.25) is 0 Å². The highest BCUT2D eigenvalue weighted by atomic mass is 19.1. The van der Waals surface area contributed by atoms with Crippen LogP contribution in [0, 0.1) is 5.82 Å². The summed E-state index contributed by atoms with van der Waals surface area (Å²) in [5.74, 6) is -0.154. The molecule has 0 aliphatic carbocycles. The van der Waals surface area contributed by atoms with Gasteiger partial charge < -0.3 is 10.2 Å². The lowest BCUT2D eigenvalue weighted by atomic mass is 10.1. The molecule has 84 valence electrons. The zero-order chi connectivity index (χ0) is 11.4. The van der Waals surface area contributed by atoms with Crippen LogP contribution in [0.3, 0.4) is 0 Å². The number of hydrogen-bond acceptors (Lipinski definition) is 2. The third kappa shape index (κ3) is 2.93. The first-order valence-corrected chi connectivity index (χ1v) is 5.22. The quantitative estimate of drug-likeness (QED) is 0.821. The zero-order valence-electron chi connectivity index (χ0n) is 9.84. The van der Waals surface area contributed by atoms with Gasteiger partial charge in [0.2, 0.25) is 0 Å². The van der Waals surface area contributed by atoms with E-state index >= 15 is 0 Å². The molecule has 0 unspecified atom stereocenters. The minimum atomic E-state index is -0.154. The number of anilines is 1. The number of hydrogen-bond donors (Lipinski definition) is 1. The number of nitrogens with one attached hydrogen (secondary N) is 1. The lowest BCUT2D eigenvalue weighted by Crippen LogP contribution is -2.26. The molecule has 15 heavy (non-hydrogen) atoms. The standard InChI is InChI=1S/C12H19FN2/c1-9(2)15(4)12-6-5-10(8-14-3)7-11(12)13/h5-7,9,14H,8H2,1-4H3. The maximum Gasteiger partial charge on any atom is 0.146 e. The second-order valence-corrected chi connectivity index (χ2v) is 4.02. The summed E-state index contributed by atoms with van der Waals surface area (Å²) in [6.45, 7) is 4.78. The van der Waals surface area contributed by atoms with Gasteiger partial charge in [-0.25, -0.2) is 4.39 Å². The molecule has 0 heterocycles. The molecule has 0 spiro atoms. The van der Waals surface area contributed by atoms with E-state index in [1.54, 1.807) is 6.07 Å². The first-order chi connectivity index (χ1) is 7.06. The number of rotatable bonds is 4. The first-order valence-electron chi connectivity index (χ1n) is 5.22. The molecule has 0 saturated heterocycles. The molecular formula is C12H19FN2. The van der Waals surface area contributed by atoms with E-state index < -0.39 is 0 Å². The Labute approximate surface area is 91.1 Å². The van der Waals surface area contributed by atoms with Crippen LogP contribution in [0.1, 0.15) is 19.4 Å². The Morgan fingerprint density at radius 2 is 2.07 bits per heavy atom. The summed E-state index contributed by atoms with van der Waals surface area (Å²) in [5.41, 5.74) is 1.63. The third-order valence-corrected chi connectivity index (χ3v) is 2.55. The summed E-state index contributed by atoms with van der Waals surface area (Å²) < 4.78 is 13.7. The summed E-state index contributed by atoms with van der Waals surface area (Å²) in [7, 11) is 3.76. The van der Waals surface area contributed by atoms with Crippen LogP contribution in [0.4, 0.5) is 10.1 Å². The van der Waals surface area contributed by atoms with Gasteiger partial charge in [-0.2, -0.15) is 0 Å². The Kier molecular flexibility index (Phi) is 4.09. The van der Waals surface area contributed by atoms with Gasteiger partial charge in [0.05, 0.1) is 5.69 Å². The molecule has 0 aromatic heterocycles. The zero-order valence-corrected chi connectivity index (χ0v) is 9.84. The van der Waals surface area contributed by atoms with E-state index in [-0.39, 0.29) is 5.82 Å². The molecule has 0 bridgehead atoms. The fraction of sp³-hybridized carbons (Fsp3) is 0.500. The molecule has 1 aromatic rings. The Hall–Kier alpha value is -1.09. The van der Waals surface area contributed by atoms with Crippen LogP contribution < -0.4 is 10.2 Å². The first kappa shape index (κ1) is 12.0. The van der Waals surface area contributed by atoms with E-state index in [1.807, 2.05) is 45.0 Å². The van der Waals surface area contributed by atoms with E-state index in [0.717, 1.165) is 5.56 Å². The van der Waals surface area contributed by atoms with Crippen molar-refractivity contribution in [2.24, 2.45) is 0 Å². The van der Waals surface area contributed by atoms with Crippen LogP contribution in [-0.4, -0.2) is 20.1 Å². The fourth-order valence-electron chi connectivity index (χ4n) is 1.43. The molecule has 0 aliphatic rings. The summed E-state index contributed by atoms with van der Waals surface area (Å²) in [4.78, 5) is 1.93. The van der Waals surface area contributed by atoms with E-state index in [2.05, 4.69) is 5.32 Å². The fourth-order valence-corrected chi connectivity index (χ4v) is 1.43. The van der Waals surface area contributed by atoms with Gasteiger partial charge in [-0.15, -0.1) is 0 Å². The number of nitrogens with zero attached hydrogens (tertiary/aromatic N) is 1. The van der Waals surface area contributed by atoms with Crippen molar-refractivity contribution >= 4 is 5.69 Å². The average molecular weight is 210 g/mol. The largest absolute Gasteiger partial charge is 0.370 e. The molecule has 0 aliphatic heterocycles. The van der Waals surface area contributed by atoms with Gasteiger partial charge in [-0.1, -0.05) is 6.07 Å². The Balaban J connectivity index is 2.92. The summed E-state index contributed by atoms with van der Waals surface area (Å²) >= 11 is 0. The predicted octanol–water partition coefficient (Wildman–Crippen LogP) is 2.39. The van der Waals surface area contributed by atoms with Crippen molar-refractivity contribution in [3.8, 4) is 0 Å². The normalized spacial score (nSPS) is 10.8. The smallest absolute Gasteiger partial charge is 0.146 e. The van der Waals surface area contributed by atoms with Crippen molar-refractivity contribution in [3.05, 3.63) is 29.6 Å². The molecule has 3 heteroatoms. The molecule has 1 aromatic carbocycles. The van der Waals surface area contributed by atoms with Gasteiger partial charge in [0.15, 0.2) is 0 Å². The van der Waals surface area contributed by atoms with Crippen molar-refractivity contribution in [1.29, 1.82) is 0 Å². The highest BCUT2D eigenvalue weighted by Gasteiger charge is 2.10. The van der Waals surface area contributed by atoms with E-state index in [9.17, 15) is 4.39 Å². The molecule has 0 radical (unpaired) electrons. The predicted molar refractivity (Wildman–Crippen MR) is 62.7 cm³/mol. The molecule has 2 nitrogen and oxygen atoms in total. The Bertz CT molecular complexity index is 323. The lowest BCUT2D eigenvalue weighted by Gasteiger charge is -2.24. The van der Waals surface area contributed by atoms with Crippen molar-refractivity contribution in [2.75, 3.05) is 19.0 Å². The second-order valence-electron chi connectivity index (χ2n) is 4.02. The molecule has 1 rings (SSSR count). The Morgan fingerprint density at radius 1 is 1.40 bits per heavy atom. The minimum Gasteiger partial charge on any atom is -0.370 e. The SMILES string of the molecule is CNCc1ccc(N(C)C(C)C)c(F)c1. The average Bonchev–Trinajstić information content (AvgIpc) is 2.17. The van der Waals surface area contributed by atoms with Crippen LogP contribution in [-0.2, 0) is 6.54 Å².